The van der Waals surface area contributed by atoms with Crippen molar-refractivity contribution in [3.8, 4) is 0 Å². The minimum Gasteiger partial charge on any atom is -0.392 e. The predicted molar refractivity (Wildman–Crippen MR) is 66.8 cm³/mol. The van der Waals surface area contributed by atoms with Gasteiger partial charge < -0.3 is 20.5 Å². The van der Waals surface area contributed by atoms with Crippen LogP contribution < -0.4 is 10.6 Å². The number of morpholine rings is 1. The fraction of sp³-hybridized carbons (Fsp3) is 0.462. The summed E-state index contributed by atoms with van der Waals surface area (Å²) in [5.41, 5.74) is 1.88. The Bertz CT molecular complexity index is 386. The fourth-order valence-electron chi connectivity index (χ4n) is 1.81. The summed E-state index contributed by atoms with van der Waals surface area (Å²) in [7, 11) is 0. The van der Waals surface area contributed by atoms with Gasteiger partial charge in [0.1, 0.15) is 6.04 Å². The molecule has 1 aromatic carbocycles. The molecular weight excluding hydrogens is 232 g/mol. The highest BCUT2D eigenvalue weighted by molar-refractivity contribution is 5.81. The number of aliphatic hydroxyl groups is 1. The third kappa shape index (κ3) is 3.53. The highest BCUT2D eigenvalue weighted by Gasteiger charge is 2.20. The van der Waals surface area contributed by atoms with Gasteiger partial charge in [-0.3, -0.25) is 4.79 Å². The van der Waals surface area contributed by atoms with Gasteiger partial charge in [-0.25, -0.2) is 0 Å². The van der Waals surface area contributed by atoms with Gasteiger partial charge in [0.2, 0.25) is 5.91 Å². The first-order valence-corrected chi connectivity index (χ1v) is 6.07. The van der Waals surface area contributed by atoms with Crippen LogP contribution in [0.5, 0.6) is 0 Å². The van der Waals surface area contributed by atoms with Crippen molar-refractivity contribution in [2.45, 2.75) is 19.2 Å². The Morgan fingerprint density at radius 2 is 2.11 bits per heavy atom. The van der Waals surface area contributed by atoms with Gasteiger partial charge >= 0.3 is 0 Å². The molecule has 1 atom stereocenters. The lowest BCUT2D eigenvalue weighted by Crippen LogP contribution is -2.51. The number of benzene rings is 1. The van der Waals surface area contributed by atoms with Crippen molar-refractivity contribution in [3.05, 3.63) is 35.4 Å². The number of ether oxygens (including phenoxy) is 1. The van der Waals surface area contributed by atoms with Crippen molar-refractivity contribution in [2.75, 3.05) is 19.8 Å². The molecule has 0 aromatic heterocycles. The van der Waals surface area contributed by atoms with Gasteiger partial charge in [-0.15, -0.1) is 0 Å². The zero-order valence-corrected chi connectivity index (χ0v) is 10.2. The number of hydrogen-bond acceptors (Lipinski definition) is 4. The summed E-state index contributed by atoms with van der Waals surface area (Å²) >= 11 is 0. The summed E-state index contributed by atoms with van der Waals surface area (Å²) in [5.74, 6) is -0.0408. The van der Waals surface area contributed by atoms with Crippen molar-refractivity contribution in [2.24, 2.45) is 0 Å². The number of amides is 1. The quantitative estimate of drug-likeness (QED) is 0.691. The van der Waals surface area contributed by atoms with Crippen LogP contribution in [0.4, 0.5) is 0 Å². The van der Waals surface area contributed by atoms with E-state index in [9.17, 15) is 4.79 Å². The lowest BCUT2D eigenvalue weighted by Gasteiger charge is -2.22. The molecule has 18 heavy (non-hydrogen) atoms. The second-order valence-electron chi connectivity index (χ2n) is 4.27. The number of rotatable bonds is 4. The maximum absolute atomic E-state index is 11.8. The van der Waals surface area contributed by atoms with E-state index in [-0.39, 0.29) is 18.6 Å². The van der Waals surface area contributed by atoms with E-state index in [1.54, 1.807) is 0 Å². The molecule has 1 fully saturated rings. The molecule has 1 aromatic rings. The molecule has 5 heteroatoms. The van der Waals surface area contributed by atoms with Gasteiger partial charge in [-0.05, 0) is 11.1 Å². The zero-order valence-electron chi connectivity index (χ0n) is 10.2. The van der Waals surface area contributed by atoms with Crippen LogP contribution in [-0.4, -0.2) is 36.8 Å². The SMILES string of the molecule is O=C(NCc1ccc(CO)cc1)C1COCCN1. The van der Waals surface area contributed by atoms with Crippen LogP contribution in [0.15, 0.2) is 24.3 Å². The third-order valence-electron chi connectivity index (χ3n) is 2.91. The number of carbonyl (C=O) groups excluding carboxylic acids is 1. The maximum Gasteiger partial charge on any atom is 0.239 e. The monoisotopic (exact) mass is 250 g/mol. The second-order valence-corrected chi connectivity index (χ2v) is 4.27. The lowest BCUT2D eigenvalue weighted by molar-refractivity contribution is -0.126. The van der Waals surface area contributed by atoms with Gasteiger partial charge in [0, 0.05) is 13.1 Å². The van der Waals surface area contributed by atoms with Crippen LogP contribution in [0.1, 0.15) is 11.1 Å². The highest BCUT2D eigenvalue weighted by Crippen LogP contribution is 2.04. The molecule has 2 rings (SSSR count). The summed E-state index contributed by atoms with van der Waals surface area (Å²) in [6.45, 7) is 2.32. The molecule has 3 N–H and O–H groups in total. The van der Waals surface area contributed by atoms with Crippen molar-refractivity contribution in [1.82, 2.24) is 10.6 Å². The molecule has 1 saturated heterocycles. The molecule has 1 unspecified atom stereocenters. The van der Waals surface area contributed by atoms with Crippen LogP contribution >= 0.6 is 0 Å². The molecule has 0 saturated carbocycles. The second kappa shape index (κ2) is 6.49. The summed E-state index contributed by atoms with van der Waals surface area (Å²) in [6.07, 6.45) is 0. The predicted octanol–water partition coefficient (Wildman–Crippen LogP) is -0.217. The number of hydrogen-bond donors (Lipinski definition) is 3. The summed E-state index contributed by atoms with van der Waals surface area (Å²) in [4.78, 5) is 11.8. The summed E-state index contributed by atoms with van der Waals surface area (Å²) < 4.78 is 5.23. The van der Waals surface area contributed by atoms with E-state index in [0.29, 0.717) is 26.3 Å². The molecule has 1 aliphatic heterocycles. The van der Waals surface area contributed by atoms with E-state index < -0.39 is 0 Å². The van der Waals surface area contributed by atoms with Crippen molar-refractivity contribution < 1.29 is 14.6 Å². The Labute approximate surface area is 106 Å². The van der Waals surface area contributed by atoms with Crippen LogP contribution in [0.25, 0.3) is 0 Å². The Balaban J connectivity index is 1.80. The van der Waals surface area contributed by atoms with Gasteiger partial charge in [0.25, 0.3) is 0 Å². The molecule has 1 aliphatic rings. The standard InChI is InChI=1S/C13H18N2O3/c16-8-11-3-1-10(2-4-11)7-15-13(17)12-9-18-6-5-14-12/h1-4,12,14,16H,5-9H2,(H,15,17). The Kier molecular flexibility index (Phi) is 4.69. The van der Waals surface area contributed by atoms with E-state index in [1.165, 1.54) is 0 Å². The molecule has 0 aliphatic carbocycles. The van der Waals surface area contributed by atoms with E-state index in [2.05, 4.69) is 10.6 Å². The fourth-order valence-corrected chi connectivity index (χ4v) is 1.81. The van der Waals surface area contributed by atoms with Crippen LogP contribution in [-0.2, 0) is 22.7 Å². The van der Waals surface area contributed by atoms with Crippen LogP contribution in [0.3, 0.4) is 0 Å². The molecule has 0 spiro atoms. The Hall–Kier alpha value is -1.43. The topological polar surface area (TPSA) is 70.6 Å². The third-order valence-corrected chi connectivity index (χ3v) is 2.91. The Morgan fingerprint density at radius 1 is 1.39 bits per heavy atom. The molecule has 98 valence electrons. The van der Waals surface area contributed by atoms with E-state index in [4.69, 9.17) is 9.84 Å². The zero-order chi connectivity index (χ0) is 12.8. The molecule has 1 amide bonds. The average molecular weight is 250 g/mol. The summed E-state index contributed by atoms with van der Waals surface area (Å²) in [6, 6.07) is 7.25. The average Bonchev–Trinajstić information content (AvgIpc) is 2.46. The number of nitrogens with one attached hydrogen (secondary N) is 2. The lowest BCUT2D eigenvalue weighted by atomic mass is 10.1. The van der Waals surface area contributed by atoms with Gasteiger partial charge in [0.05, 0.1) is 19.8 Å². The molecule has 5 nitrogen and oxygen atoms in total. The van der Waals surface area contributed by atoms with Crippen LogP contribution in [0, 0.1) is 0 Å². The molecule has 0 bridgehead atoms. The van der Waals surface area contributed by atoms with E-state index >= 15 is 0 Å². The van der Waals surface area contributed by atoms with E-state index in [1.807, 2.05) is 24.3 Å². The van der Waals surface area contributed by atoms with Gasteiger partial charge in [-0.2, -0.15) is 0 Å². The first kappa shape index (κ1) is 13.0. The maximum atomic E-state index is 11.8. The van der Waals surface area contributed by atoms with Gasteiger partial charge in [-0.1, -0.05) is 24.3 Å². The minimum atomic E-state index is -0.254. The van der Waals surface area contributed by atoms with Crippen LogP contribution in [0.2, 0.25) is 0 Å². The normalized spacial score (nSPS) is 19.5. The number of carbonyl (C=O) groups is 1. The van der Waals surface area contributed by atoms with Crippen molar-refractivity contribution in [1.29, 1.82) is 0 Å². The molecular formula is C13H18N2O3. The van der Waals surface area contributed by atoms with Crippen molar-refractivity contribution in [3.63, 3.8) is 0 Å². The largest absolute Gasteiger partial charge is 0.392 e. The minimum absolute atomic E-state index is 0.0377. The van der Waals surface area contributed by atoms with Gasteiger partial charge in [0.15, 0.2) is 0 Å². The first-order valence-electron chi connectivity index (χ1n) is 6.07. The molecule has 1 heterocycles. The number of aliphatic hydroxyl groups excluding tert-OH is 1. The van der Waals surface area contributed by atoms with Crippen molar-refractivity contribution >= 4 is 5.91 Å². The molecule has 0 radical (unpaired) electrons. The first-order chi connectivity index (χ1) is 8.79. The smallest absolute Gasteiger partial charge is 0.239 e. The van der Waals surface area contributed by atoms with E-state index in [0.717, 1.165) is 11.1 Å². The highest BCUT2D eigenvalue weighted by atomic mass is 16.5. The summed E-state index contributed by atoms with van der Waals surface area (Å²) in [5, 5.41) is 14.9. The Morgan fingerprint density at radius 3 is 2.72 bits per heavy atom.